The molecule has 180 valence electrons. The average Bonchev–Trinajstić information content (AvgIpc) is 3.42. The van der Waals surface area contributed by atoms with Crippen LogP contribution in [0.4, 0.5) is 0 Å². The van der Waals surface area contributed by atoms with Crippen LogP contribution in [0.3, 0.4) is 0 Å². The van der Waals surface area contributed by atoms with Crippen molar-refractivity contribution >= 4 is 23.1 Å². The van der Waals surface area contributed by atoms with Gasteiger partial charge in [0.1, 0.15) is 5.75 Å². The highest BCUT2D eigenvalue weighted by Gasteiger charge is 2.10. The summed E-state index contributed by atoms with van der Waals surface area (Å²) in [5.74, 6) is 0.830. The van der Waals surface area contributed by atoms with Gasteiger partial charge in [0.25, 0.3) is 0 Å². The number of benzene rings is 4. The van der Waals surface area contributed by atoms with E-state index in [1.54, 1.807) is 7.11 Å². The standard InChI is InChI=1S/C24H20N2O.C9H7N/c1-27-23-16-14-22(15-17-23)26-24(20-10-6-3-7-11-20)18-21(25-26)13-12-19-8-4-2-5-9-19;1-2-6-9-8(4-1)5-3-7-10-9/h2-18H,1H3;1-7H. The van der Waals surface area contributed by atoms with Crippen molar-refractivity contribution in [3.8, 4) is 22.7 Å². The Kier molecular flexibility index (Phi) is 7.48. The molecule has 4 heteroatoms. The van der Waals surface area contributed by atoms with Gasteiger partial charge in [-0.05, 0) is 54.1 Å². The largest absolute Gasteiger partial charge is 0.497 e. The Bertz CT molecular complexity index is 1520. The SMILES string of the molecule is COc1ccc(-n2nc(C=Cc3ccccc3)cc2-c2ccccc2)cc1.c1ccc2ncccc2c1. The molecule has 2 heterocycles. The van der Waals surface area contributed by atoms with Crippen molar-refractivity contribution < 1.29 is 4.74 Å². The van der Waals surface area contributed by atoms with Gasteiger partial charge in [-0.3, -0.25) is 4.98 Å². The molecular weight excluding hydrogens is 454 g/mol. The molecule has 0 N–H and O–H groups in total. The minimum Gasteiger partial charge on any atom is -0.497 e. The van der Waals surface area contributed by atoms with Crippen LogP contribution in [0, 0.1) is 0 Å². The van der Waals surface area contributed by atoms with Gasteiger partial charge in [0.2, 0.25) is 0 Å². The first kappa shape index (κ1) is 23.8. The van der Waals surface area contributed by atoms with Gasteiger partial charge in [-0.25, -0.2) is 4.68 Å². The zero-order chi connectivity index (χ0) is 25.3. The van der Waals surface area contributed by atoms with Gasteiger partial charge in [0, 0.05) is 17.1 Å². The zero-order valence-corrected chi connectivity index (χ0v) is 20.6. The van der Waals surface area contributed by atoms with E-state index in [0.29, 0.717) is 0 Å². The first-order valence-electron chi connectivity index (χ1n) is 12.1. The lowest BCUT2D eigenvalue weighted by atomic mass is 10.1. The molecule has 0 radical (unpaired) electrons. The molecule has 4 aromatic carbocycles. The molecule has 4 nitrogen and oxygen atoms in total. The molecule has 2 aromatic heterocycles. The highest BCUT2D eigenvalue weighted by atomic mass is 16.5. The van der Waals surface area contributed by atoms with Crippen molar-refractivity contribution in [1.29, 1.82) is 0 Å². The van der Waals surface area contributed by atoms with Crippen LogP contribution in [0.2, 0.25) is 0 Å². The summed E-state index contributed by atoms with van der Waals surface area (Å²) in [6, 6.07) is 42.7. The minimum absolute atomic E-state index is 0.830. The van der Waals surface area contributed by atoms with Crippen LogP contribution in [0.15, 0.2) is 134 Å². The van der Waals surface area contributed by atoms with Crippen molar-refractivity contribution in [3.63, 3.8) is 0 Å². The van der Waals surface area contributed by atoms with Gasteiger partial charge in [-0.1, -0.05) is 91.0 Å². The fourth-order valence-corrected chi connectivity index (χ4v) is 3.98. The quantitative estimate of drug-likeness (QED) is 0.251. The van der Waals surface area contributed by atoms with Gasteiger partial charge in [-0.15, -0.1) is 0 Å². The number of nitrogens with zero attached hydrogens (tertiary/aromatic N) is 3. The minimum atomic E-state index is 0.830. The summed E-state index contributed by atoms with van der Waals surface area (Å²) >= 11 is 0. The maximum atomic E-state index is 5.27. The number of hydrogen-bond acceptors (Lipinski definition) is 3. The molecule has 37 heavy (non-hydrogen) atoms. The smallest absolute Gasteiger partial charge is 0.119 e. The Labute approximate surface area is 217 Å². The van der Waals surface area contributed by atoms with Gasteiger partial charge < -0.3 is 4.74 Å². The van der Waals surface area contributed by atoms with E-state index in [1.165, 1.54) is 5.39 Å². The molecule has 6 aromatic rings. The van der Waals surface area contributed by atoms with E-state index < -0.39 is 0 Å². The van der Waals surface area contributed by atoms with Crippen LogP contribution in [0.25, 0.3) is 40.0 Å². The normalized spacial score (nSPS) is 10.7. The second-order valence-electron chi connectivity index (χ2n) is 8.37. The second-order valence-corrected chi connectivity index (χ2v) is 8.37. The van der Waals surface area contributed by atoms with Gasteiger partial charge in [0.05, 0.1) is 29.7 Å². The van der Waals surface area contributed by atoms with Crippen molar-refractivity contribution in [3.05, 3.63) is 145 Å². The van der Waals surface area contributed by atoms with E-state index in [1.807, 2.05) is 102 Å². The molecule has 0 unspecified atom stereocenters. The number of hydrogen-bond donors (Lipinski definition) is 0. The summed E-state index contributed by atoms with van der Waals surface area (Å²) < 4.78 is 7.24. The van der Waals surface area contributed by atoms with Crippen molar-refractivity contribution in [2.45, 2.75) is 0 Å². The monoisotopic (exact) mass is 481 g/mol. The molecule has 0 amide bonds. The number of rotatable bonds is 5. The average molecular weight is 482 g/mol. The Hall–Kier alpha value is -4.96. The first-order valence-corrected chi connectivity index (χ1v) is 12.1. The van der Waals surface area contributed by atoms with Crippen LogP contribution >= 0.6 is 0 Å². The predicted octanol–water partition coefficient (Wildman–Crippen LogP) is 7.95. The molecule has 0 bridgehead atoms. The molecule has 0 aliphatic carbocycles. The first-order chi connectivity index (χ1) is 18.3. The maximum absolute atomic E-state index is 5.27. The molecular formula is C33H27N3O. The predicted molar refractivity (Wildman–Crippen MR) is 153 cm³/mol. The molecule has 0 atom stereocenters. The zero-order valence-electron chi connectivity index (χ0n) is 20.6. The van der Waals surface area contributed by atoms with E-state index in [4.69, 9.17) is 9.84 Å². The van der Waals surface area contributed by atoms with E-state index in [0.717, 1.165) is 39.5 Å². The lowest BCUT2D eigenvalue weighted by Crippen LogP contribution is -1.99. The van der Waals surface area contributed by atoms with E-state index in [9.17, 15) is 0 Å². The van der Waals surface area contributed by atoms with Crippen LogP contribution in [-0.2, 0) is 0 Å². The molecule has 0 aliphatic heterocycles. The third-order valence-electron chi connectivity index (χ3n) is 5.87. The molecule has 0 aliphatic rings. The summed E-state index contributed by atoms with van der Waals surface area (Å²) in [4.78, 5) is 4.18. The summed E-state index contributed by atoms with van der Waals surface area (Å²) in [7, 11) is 1.67. The van der Waals surface area contributed by atoms with Gasteiger partial charge in [-0.2, -0.15) is 5.10 Å². The van der Waals surface area contributed by atoms with Crippen molar-refractivity contribution in [2.24, 2.45) is 0 Å². The number of fused-ring (bicyclic) bond motifs is 1. The fraction of sp³-hybridized carbons (Fsp3) is 0.0303. The third-order valence-corrected chi connectivity index (χ3v) is 5.87. The topological polar surface area (TPSA) is 39.9 Å². The van der Waals surface area contributed by atoms with Crippen molar-refractivity contribution in [2.75, 3.05) is 7.11 Å². The third kappa shape index (κ3) is 6.00. The Balaban J connectivity index is 0.000000233. The number of pyridine rings is 1. The fourth-order valence-electron chi connectivity index (χ4n) is 3.98. The Morgan fingerprint density at radius 1 is 0.676 bits per heavy atom. The molecule has 0 fully saturated rings. The summed E-state index contributed by atoms with van der Waals surface area (Å²) in [5.41, 5.74) is 6.29. The second kappa shape index (κ2) is 11.6. The lowest BCUT2D eigenvalue weighted by Gasteiger charge is -2.08. The highest BCUT2D eigenvalue weighted by molar-refractivity contribution is 5.77. The molecule has 0 saturated heterocycles. The van der Waals surface area contributed by atoms with E-state index in [2.05, 4.69) is 53.5 Å². The molecule has 0 spiro atoms. The summed E-state index contributed by atoms with van der Waals surface area (Å²) in [6.07, 6.45) is 5.93. The molecule has 0 saturated carbocycles. The summed E-state index contributed by atoms with van der Waals surface area (Å²) in [6.45, 7) is 0. The number of aromatic nitrogens is 3. The Morgan fingerprint density at radius 3 is 2.08 bits per heavy atom. The van der Waals surface area contributed by atoms with Crippen LogP contribution < -0.4 is 4.74 Å². The van der Waals surface area contributed by atoms with Crippen molar-refractivity contribution in [1.82, 2.24) is 14.8 Å². The number of methoxy groups -OCH3 is 1. The van der Waals surface area contributed by atoms with Crippen LogP contribution in [0.1, 0.15) is 11.3 Å². The van der Waals surface area contributed by atoms with E-state index >= 15 is 0 Å². The van der Waals surface area contributed by atoms with E-state index in [-0.39, 0.29) is 0 Å². The number of ether oxygens (including phenoxy) is 1. The Morgan fingerprint density at radius 2 is 1.35 bits per heavy atom. The van der Waals surface area contributed by atoms with Gasteiger partial charge >= 0.3 is 0 Å². The highest BCUT2D eigenvalue weighted by Crippen LogP contribution is 2.26. The van der Waals surface area contributed by atoms with Crippen LogP contribution in [-0.4, -0.2) is 21.9 Å². The molecule has 6 rings (SSSR count). The van der Waals surface area contributed by atoms with Crippen LogP contribution in [0.5, 0.6) is 5.75 Å². The lowest BCUT2D eigenvalue weighted by molar-refractivity contribution is 0.414. The van der Waals surface area contributed by atoms with Gasteiger partial charge in [0.15, 0.2) is 0 Å². The maximum Gasteiger partial charge on any atom is 0.119 e. The number of para-hydroxylation sites is 1. The summed E-state index contributed by atoms with van der Waals surface area (Å²) in [5, 5.41) is 6.02.